The number of rotatable bonds is 5. The number of hydrogen-bond acceptors (Lipinski definition) is 4. The van der Waals surface area contributed by atoms with Crippen LogP contribution in [0.5, 0.6) is 0 Å². The first kappa shape index (κ1) is 13.9. The molecule has 1 aliphatic carbocycles. The van der Waals surface area contributed by atoms with Crippen LogP contribution in [0.2, 0.25) is 0 Å². The SMILES string of the molecule is O=C(NCC1(CCO)CC1)c1ncoc1C(F)(F)F. The molecular weight excluding hydrogens is 265 g/mol. The van der Waals surface area contributed by atoms with E-state index < -0.39 is 23.5 Å². The highest BCUT2D eigenvalue weighted by Crippen LogP contribution is 2.47. The lowest BCUT2D eigenvalue weighted by Crippen LogP contribution is -2.32. The largest absolute Gasteiger partial charge is 0.452 e. The number of carbonyl (C=O) groups is 1. The third-order valence-corrected chi connectivity index (χ3v) is 3.26. The number of hydrogen-bond donors (Lipinski definition) is 2. The Labute approximate surface area is 106 Å². The minimum absolute atomic E-state index is 0.00632. The number of halogens is 3. The second-order valence-corrected chi connectivity index (χ2v) is 4.68. The van der Waals surface area contributed by atoms with E-state index in [0.29, 0.717) is 12.8 Å². The molecule has 0 aromatic carbocycles. The molecule has 1 fully saturated rings. The summed E-state index contributed by atoms with van der Waals surface area (Å²) in [6, 6.07) is 0. The summed E-state index contributed by atoms with van der Waals surface area (Å²) in [5.41, 5.74) is -0.931. The molecule has 0 bridgehead atoms. The van der Waals surface area contributed by atoms with E-state index in [-0.39, 0.29) is 18.6 Å². The van der Waals surface area contributed by atoms with Crippen LogP contribution in [0.15, 0.2) is 10.8 Å². The number of amides is 1. The van der Waals surface area contributed by atoms with Gasteiger partial charge in [-0.1, -0.05) is 0 Å². The van der Waals surface area contributed by atoms with Gasteiger partial charge in [0.05, 0.1) is 0 Å². The molecule has 0 atom stereocenters. The molecule has 1 amide bonds. The van der Waals surface area contributed by atoms with Gasteiger partial charge in [-0.25, -0.2) is 4.98 Å². The maximum absolute atomic E-state index is 12.5. The van der Waals surface area contributed by atoms with Crippen LogP contribution in [0.25, 0.3) is 0 Å². The van der Waals surface area contributed by atoms with Crippen molar-refractivity contribution in [2.24, 2.45) is 5.41 Å². The van der Waals surface area contributed by atoms with E-state index in [9.17, 15) is 18.0 Å². The van der Waals surface area contributed by atoms with E-state index in [2.05, 4.69) is 14.7 Å². The quantitative estimate of drug-likeness (QED) is 0.857. The minimum Gasteiger partial charge on any atom is -0.438 e. The second kappa shape index (κ2) is 4.84. The third-order valence-electron chi connectivity index (χ3n) is 3.26. The van der Waals surface area contributed by atoms with Crippen LogP contribution < -0.4 is 5.32 Å². The van der Waals surface area contributed by atoms with Gasteiger partial charge in [-0.05, 0) is 24.7 Å². The van der Waals surface area contributed by atoms with Crippen molar-refractivity contribution in [2.75, 3.05) is 13.2 Å². The van der Waals surface area contributed by atoms with Crippen LogP contribution in [0.3, 0.4) is 0 Å². The lowest BCUT2D eigenvalue weighted by Gasteiger charge is -2.14. The maximum Gasteiger partial charge on any atom is 0.452 e. The summed E-state index contributed by atoms with van der Waals surface area (Å²) in [7, 11) is 0. The number of aromatic nitrogens is 1. The molecule has 1 aliphatic rings. The number of nitrogens with one attached hydrogen (secondary N) is 1. The average Bonchev–Trinajstić information content (AvgIpc) is 2.91. The molecule has 1 heterocycles. The van der Waals surface area contributed by atoms with Crippen molar-refractivity contribution in [1.29, 1.82) is 0 Å². The van der Waals surface area contributed by atoms with Crippen LogP contribution >= 0.6 is 0 Å². The van der Waals surface area contributed by atoms with Gasteiger partial charge < -0.3 is 14.8 Å². The minimum atomic E-state index is -4.74. The van der Waals surface area contributed by atoms with Crippen molar-refractivity contribution in [3.05, 3.63) is 17.8 Å². The highest BCUT2D eigenvalue weighted by molar-refractivity contribution is 5.93. The number of oxazole rings is 1. The Morgan fingerprint density at radius 1 is 1.53 bits per heavy atom. The highest BCUT2D eigenvalue weighted by Gasteiger charge is 2.43. The normalized spacial score (nSPS) is 17.3. The fourth-order valence-electron chi connectivity index (χ4n) is 1.89. The maximum atomic E-state index is 12.5. The van der Waals surface area contributed by atoms with Crippen molar-refractivity contribution >= 4 is 5.91 Å². The summed E-state index contributed by atoms with van der Waals surface area (Å²) in [6.45, 7) is 0.226. The summed E-state index contributed by atoms with van der Waals surface area (Å²) < 4.78 is 41.7. The second-order valence-electron chi connectivity index (χ2n) is 4.68. The topological polar surface area (TPSA) is 75.4 Å². The van der Waals surface area contributed by atoms with Crippen molar-refractivity contribution in [1.82, 2.24) is 10.3 Å². The molecule has 1 saturated carbocycles. The molecular formula is C11H13F3N2O3. The van der Waals surface area contributed by atoms with Crippen molar-refractivity contribution in [3.8, 4) is 0 Å². The van der Waals surface area contributed by atoms with Gasteiger partial charge in [0.1, 0.15) is 0 Å². The molecule has 19 heavy (non-hydrogen) atoms. The van der Waals surface area contributed by atoms with Crippen LogP contribution in [0.1, 0.15) is 35.5 Å². The molecule has 8 heteroatoms. The van der Waals surface area contributed by atoms with Gasteiger partial charge in [0, 0.05) is 13.2 Å². The van der Waals surface area contributed by atoms with E-state index in [4.69, 9.17) is 5.11 Å². The molecule has 5 nitrogen and oxygen atoms in total. The number of aliphatic hydroxyl groups excluding tert-OH is 1. The van der Waals surface area contributed by atoms with Gasteiger partial charge in [-0.3, -0.25) is 4.79 Å². The molecule has 106 valence electrons. The summed E-state index contributed by atoms with van der Waals surface area (Å²) in [6.07, 6.45) is -1.93. The number of nitrogens with zero attached hydrogens (tertiary/aromatic N) is 1. The van der Waals surface area contributed by atoms with E-state index in [0.717, 1.165) is 12.8 Å². The Kier molecular flexibility index (Phi) is 3.53. The van der Waals surface area contributed by atoms with E-state index >= 15 is 0 Å². The van der Waals surface area contributed by atoms with Gasteiger partial charge in [0.2, 0.25) is 5.76 Å². The number of aliphatic hydroxyl groups is 1. The molecule has 0 unspecified atom stereocenters. The first-order chi connectivity index (χ1) is 8.88. The zero-order valence-electron chi connectivity index (χ0n) is 9.96. The predicted octanol–water partition coefficient (Wildman–Crippen LogP) is 1.59. The Morgan fingerprint density at radius 2 is 2.21 bits per heavy atom. The summed E-state index contributed by atoms with van der Waals surface area (Å²) >= 11 is 0. The number of alkyl halides is 3. The van der Waals surface area contributed by atoms with Crippen LogP contribution in [-0.2, 0) is 6.18 Å². The molecule has 1 aromatic rings. The van der Waals surface area contributed by atoms with E-state index in [1.165, 1.54) is 0 Å². The monoisotopic (exact) mass is 278 g/mol. The third kappa shape index (κ3) is 3.06. The van der Waals surface area contributed by atoms with Crippen LogP contribution in [0, 0.1) is 5.41 Å². The van der Waals surface area contributed by atoms with Gasteiger partial charge in [-0.2, -0.15) is 13.2 Å². The molecule has 2 rings (SSSR count). The predicted molar refractivity (Wildman–Crippen MR) is 57.2 cm³/mol. The smallest absolute Gasteiger partial charge is 0.438 e. The Morgan fingerprint density at radius 3 is 2.74 bits per heavy atom. The van der Waals surface area contributed by atoms with Crippen molar-refractivity contribution in [2.45, 2.75) is 25.4 Å². The molecule has 2 N–H and O–H groups in total. The summed E-state index contributed by atoms with van der Waals surface area (Å²) in [5.74, 6) is -2.30. The van der Waals surface area contributed by atoms with E-state index in [1.807, 2.05) is 0 Å². The van der Waals surface area contributed by atoms with Gasteiger partial charge in [0.15, 0.2) is 12.1 Å². The van der Waals surface area contributed by atoms with Gasteiger partial charge in [-0.15, -0.1) is 0 Å². The number of carbonyl (C=O) groups excluding carboxylic acids is 1. The van der Waals surface area contributed by atoms with Gasteiger partial charge in [0.25, 0.3) is 5.91 Å². The fourth-order valence-corrected chi connectivity index (χ4v) is 1.89. The summed E-state index contributed by atoms with van der Waals surface area (Å²) in [5, 5.41) is 11.3. The highest BCUT2D eigenvalue weighted by atomic mass is 19.4. The first-order valence-corrected chi connectivity index (χ1v) is 5.78. The lowest BCUT2D eigenvalue weighted by molar-refractivity contribution is -0.153. The zero-order valence-corrected chi connectivity index (χ0v) is 9.96. The Balaban J connectivity index is 1.99. The molecule has 0 radical (unpaired) electrons. The van der Waals surface area contributed by atoms with Crippen molar-refractivity contribution < 1.29 is 27.5 Å². The lowest BCUT2D eigenvalue weighted by atomic mass is 10.0. The summed E-state index contributed by atoms with van der Waals surface area (Å²) in [4.78, 5) is 15.0. The zero-order chi connectivity index (χ0) is 14.1. The molecule has 0 spiro atoms. The molecule has 1 aromatic heterocycles. The standard InChI is InChI=1S/C11H13F3N2O3/c12-11(13,14)8-7(16-6-19-8)9(18)15-5-10(1-2-10)3-4-17/h6,17H,1-5H2,(H,15,18). The Bertz CT molecular complexity index is 466. The fraction of sp³-hybridized carbons (Fsp3) is 0.636. The molecule has 0 saturated heterocycles. The van der Waals surface area contributed by atoms with Crippen LogP contribution in [0.4, 0.5) is 13.2 Å². The average molecular weight is 278 g/mol. The van der Waals surface area contributed by atoms with Crippen LogP contribution in [-0.4, -0.2) is 29.1 Å². The Hall–Kier alpha value is -1.57. The molecule has 0 aliphatic heterocycles. The van der Waals surface area contributed by atoms with E-state index in [1.54, 1.807) is 0 Å². The van der Waals surface area contributed by atoms with Gasteiger partial charge >= 0.3 is 6.18 Å². The first-order valence-electron chi connectivity index (χ1n) is 5.78. The van der Waals surface area contributed by atoms with Crippen molar-refractivity contribution in [3.63, 3.8) is 0 Å².